The van der Waals surface area contributed by atoms with Crippen molar-refractivity contribution in [1.82, 2.24) is 0 Å². The predicted octanol–water partition coefficient (Wildman–Crippen LogP) is 1.46. The molecule has 0 fully saturated rings. The normalized spacial score (nSPS) is 14.1. The molecule has 0 amide bonds. The summed E-state index contributed by atoms with van der Waals surface area (Å²) in [5.41, 5.74) is -0.116. The van der Waals surface area contributed by atoms with Crippen molar-refractivity contribution in [3.05, 3.63) is 0 Å². The van der Waals surface area contributed by atoms with E-state index in [2.05, 4.69) is 0 Å². The van der Waals surface area contributed by atoms with Crippen molar-refractivity contribution >= 4 is 0 Å². The van der Waals surface area contributed by atoms with Gasteiger partial charge in [0.25, 0.3) is 0 Å². The molecule has 0 spiro atoms. The van der Waals surface area contributed by atoms with E-state index in [-0.39, 0.29) is 5.41 Å². The second-order valence-electron chi connectivity index (χ2n) is 4.92. The highest BCUT2D eigenvalue weighted by Gasteiger charge is 2.21. The summed E-state index contributed by atoms with van der Waals surface area (Å²) in [7, 11) is 1.65. The SMILES string of the molecule is COCCOCCCOCC(O)C(C)(C)C. The maximum Gasteiger partial charge on any atom is 0.0821 e. The van der Waals surface area contributed by atoms with Crippen LogP contribution in [0.25, 0.3) is 0 Å². The molecule has 0 aromatic carbocycles. The predicted molar refractivity (Wildman–Crippen MR) is 63.6 cm³/mol. The topological polar surface area (TPSA) is 47.9 Å². The third-order valence-corrected chi connectivity index (χ3v) is 2.28. The fourth-order valence-electron chi connectivity index (χ4n) is 0.952. The van der Waals surface area contributed by atoms with Crippen LogP contribution in [0.2, 0.25) is 0 Å². The molecule has 0 aliphatic rings. The van der Waals surface area contributed by atoms with Crippen molar-refractivity contribution in [3.63, 3.8) is 0 Å². The molecule has 1 atom stereocenters. The van der Waals surface area contributed by atoms with Crippen molar-refractivity contribution in [2.75, 3.05) is 40.1 Å². The van der Waals surface area contributed by atoms with E-state index in [1.165, 1.54) is 0 Å². The van der Waals surface area contributed by atoms with Crippen LogP contribution in [0.4, 0.5) is 0 Å². The largest absolute Gasteiger partial charge is 0.390 e. The molecular weight excluding hydrogens is 208 g/mol. The van der Waals surface area contributed by atoms with Gasteiger partial charge >= 0.3 is 0 Å². The second-order valence-corrected chi connectivity index (χ2v) is 4.92. The summed E-state index contributed by atoms with van der Waals surface area (Å²) >= 11 is 0. The Labute approximate surface area is 98.9 Å². The summed E-state index contributed by atoms with van der Waals surface area (Å²) in [5.74, 6) is 0. The summed E-state index contributed by atoms with van der Waals surface area (Å²) in [5, 5.41) is 9.69. The van der Waals surface area contributed by atoms with Crippen LogP contribution < -0.4 is 0 Å². The number of rotatable bonds is 9. The second kappa shape index (κ2) is 8.93. The molecule has 0 heterocycles. The molecule has 0 aromatic rings. The minimum absolute atomic E-state index is 0.116. The summed E-state index contributed by atoms with van der Waals surface area (Å²) in [6.07, 6.45) is 0.433. The molecule has 0 aromatic heterocycles. The lowest BCUT2D eigenvalue weighted by atomic mass is 9.90. The average Bonchev–Trinajstić information content (AvgIpc) is 2.20. The molecule has 4 nitrogen and oxygen atoms in total. The molecular formula is C12H26O4. The van der Waals surface area contributed by atoms with E-state index in [4.69, 9.17) is 14.2 Å². The lowest BCUT2D eigenvalue weighted by molar-refractivity contribution is -0.0260. The van der Waals surface area contributed by atoms with Crippen LogP contribution in [0.5, 0.6) is 0 Å². The molecule has 0 radical (unpaired) electrons. The number of methoxy groups -OCH3 is 1. The van der Waals surface area contributed by atoms with E-state index in [0.717, 1.165) is 6.42 Å². The van der Waals surface area contributed by atoms with Crippen molar-refractivity contribution in [2.24, 2.45) is 5.41 Å². The first-order valence-electron chi connectivity index (χ1n) is 5.81. The van der Waals surface area contributed by atoms with Crippen LogP contribution >= 0.6 is 0 Å². The van der Waals surface area contributed by atoms with Crippen LogP contribution in [0.3, 0.4) is 0 Å². The van der Waals surface area contributed by atoms with Crippen molar-refractivity contribution in [2.45, 2.75) is 33.3 Å². The molecule has 0 aliphatic heterocycles. The van der Waals surface area contributed by atoms with Crippen molar-refractivity contribution in [1.29, 1.82) is 0 Å². The van der Waals surface area contributed by atoms with Gasteiger partial charge in [0, 0.05) is 20.3 Å². The first-order valence-corrected chi connectivity index (χ1v) is 5.81. The van der Waals surface area contributed by atoms with E-state index in [1.807, 2.05) is 20.8 Å². The summed E-state index contributed by atoms with van der Waals surface area (Å²) in [6, 6.07) is 0. The first kappa shape index (κ1) is 15.8. The van der Waals surface area contributed by atoms with Crippen LogP contribution in [0.15, 0.2) is 0 Å². The summed E-state index contributed by atoms with van der Waals surface area (Å²) < 4.78 is 15.5. The van der Waals surface area contributed by atoms with Crippen LogP contribution in [0.1, 0.15) is 27.2 Å². The number of ether oxygens (including phenoxy) is 3. The monoisotopic (exact) mass is 234 g/mol. The van der Waals surface area contributed by atoms with E-state index >= 15 is 0 Å². The molecule has 16 heavy (non-hydrogen) atoms. The number of hydrogen-bond donors (Lipinski definition) is 1. The molecule has 4 heteroatoms. The van der Waals surface area contributed by atoms with Gasteiger partial charge in [-0.3, -0.25) is 0 Å². The van der Waals surface area contributed by atoms with Crippen molar-refractivity contribution < 1.29 is 19.3 Å². The molecule has 0 aliphatic carbocycles. The Morgan fingerprint density at radius 2 is 1.62 bits per heavy atom. The van der Waals surface area contributed by atoms with Crippen LogP contribution in [-0.2, 0) is 14.2 Å². The van der Waals surface area contributed by atoms with E-state index < -0.39 is 6.10 Å². The lowest BCUT2D eigenvalue weighted by Gasteiger charge is -2.25. The Balaban J connectivity index is 3.21. The maximum atomic E-state index is 9.69. The fraction of sp³-hybridized carbons (Fsp3) is 1.00. The summed E-state index contributed by atoms with van der Waals surface area (Å²) in [6.45, 7) is 8.93. The number of aliphatic hydroxyl groups excluding tert-OH is 1. The zero-order valence-electron chi connectivity index (χ0n) is 11.0. The van der Waals surface area contributed by atoms with Gasteiger partial charge in [-0.15, -0.1) is 0 Å². The van der Waals surface area contributed by atoms with Gasteiger partial charge in [-0.25, -0.2) is 0 Å². The number of hydrogen-bond acceptors (Lipinski definition) is 4. The molecule has 1 N–H and O–H groups in total. The highest BCUT2D eigenvalue weighted by atomic mass is 16.5. The molecule has 98 valence electrons. The maximum absolute atomic E-state index is 9.69. The van der Waals surface area contributed by atoms with Gasteiger partial charge < -0.3 is 19.3 Å². The third kappa shape index (κ3) is 9.09. The molecule has 1 unspecified atom stereocenters. The van der Waals surface area contributed by atoms with Gasteiger partial charge in [0.1, 0.15) is 0 Å². The van der Waals surface area contributed by atoms with E-state index in [0.29, 0.717) is 33.0 Å². The van der Waals surface area contributed by atoms with Gasteiger partial charge in [0.15, 0.2) is 0 Å². The van der Waals surface area contributed by atoms with E-state index in [1.54, 1.807) is 7.11 Å². The van der Waals surface area contributed by atoms with E-state index in [9.17, 15) is 5.11 Å². The number of aliphatic hydroxyl groups is 1. The Kier molecular flexibility index (Phi) is 8.84. The zero-order valence-corrected chi connectivity index (χ0v) is 11.0. The Bertz CT molecular complexity index is 154. The molecule has 0 bridgehead atoms. The fourth-order valence-corrected chi connectivity index (χ4v) is 0.952. The quantitative estimate of drug-likeness (QED) is 0.614. The van der Waals surface area contributed by atoms with Gasteiger partial charge in [0.2, 0.25) is 0 Å². The Hall–Kier alpha value is -0.160. The minimum atomic E-state index is -0.415. The standard InChI is InChI=1S/C12H26O4/c1-12(2,3)11(13)10-16-7-5-6-15-9-8-14-4/h11,13H,5-10H2,1-4H3. The van der Waals surface area contributed by atoms with Gasteiger partial charge in [-0.2, -0.15) is 0 Å². The highest BCUT2D eigenvalue weighted by Crippen LogP contribution is 2.18. The highest BCUT2D eigenvalue weighted by molar-refractivity contribution is 4.71. The average molecular weight is 234 g/mol. The van der Waals surface area contributed by atoms with Gasteiger partial charge in [-0.1, -0.05) is 20.8 Å². The zero-order chi connectivity index (χ0) is 12.4. The molecule has 0 saturated carbocycles. The van der Waals surface area contributed by atoms with Crippen molar-refractivity contribution in [3.8, 4) is 0 Å². The molecule has 0 rings (SSSR count). The smallest absolute Gasteiger partial charge is 0.0821 e. The third-order valence-electron chi connectivity index (χ3n) is 2.28. The van der Waals surface area contributed by atoms with Gasteiger partial charge in [0.05, 0.1) is 25.9 Å². The van der Waals surface area contributed by atoms with Crippen LogP contribution in [-0.4, -0.2) is 51.4 Å². The Morgan fingerprint density at radius 1 is 1.00 bits per heavy atom. The Morgan fingerprint density at radius 3 is 2.19 bits per heavy atom. The summed E-state index contributed by atoms with van der Waals surface area (Å²) in [4.78, 5) is 0. The first-order chi connectivity index (χ1) is 7.48. The molecule has 0 saturated heterocycles. The lowest BCUT2D eigenvalue weighted by Crippen LogP contribution is -2.30. The minimum Gasteiger partial charge on any atom is -0.390 e. The van der Waals surface area contributed by atoms with Crippen LogP contribution in [0, 0.1) is 5.41 Å². The van der Waals surface area contributed by atoms with Gasteiger partial charge in [-0.05, 0) is 11.8 Å².